The van der Waals surface area contributed by atoms with Gasteiger partial charge in [-0.1, -0.05) is 29.3 Å². The summed E-state index contributed by atoms with van der Waals surface area (Å²) in [5.41, 5.74) is 1.76. The molecule has 1 fully saturated rings. The molecule has 2 rings (SSSR count). The van der Waals surface area contributed by atoms with E-state index >= 15 is 0 Å². The van der Waals surface area contributed by atoms with Crippen LogP contribution in [0, 0.1) is 6.92 Å². The largest absolute Gasteiger partial charge is 0.335 e. The van der Waals surface area contributed by atoms with Crippen molar-refractivity contribution in [3.8, 4) is 0 Å². The predicted molar refractivity (Wildman–Crippen MR) is 105 cm³/mol. The van der Waals surface area contributed by atoms with E-state index in [2.05, 4.69) is 33.1 Å². The van der Waals surface area contributed by atoms with E-state index in [1.807, 2.05) is 25.1 Å². The molecule has 1 heterocycles. The van der Waals surface area contributed by atoms with E-state index in [1.54, 1.807) is 11.9 Å². The summed E-state index contributed by atoms with van der Waals surface area (Å²) in [5.74, 6) is -0.116. The van der Waals surface area contributed by atoms with Gasteiger partial charge in [0.05, 0.1) is 12.6 Å². The molecule has 0 aromatic heterocycles. The maximum Gasteiger partial charge on any atom is 0.243 e. The van der Waals surface area contributed by atoms with Gasteiger partial charge in [0.25, 0.3) is 0 Å². The molecule has 1 aliphatic heterocycles. The Hall–Kier alpha value is -1.40. The van der Waals surface area contributed by atoms with Gasteiger partial charge in [0.1, 0.15) is 0 Å². The normalized spacial score (nSPS) is 18.0. The molecule has 0 bridgehead atoms. The molecule has 1 saturated heterocycles. The number of carbonyl (C=O) groups excluding carboxylic acids is 2. The maximum absolute atomic E-state index is 12.8. The highest BCUT2D eigenvalue weighted by Gasteiger charge is 2.30. The van der Waals surface area contributed by atoms with Crippen molar-refractivity contribution in [2.24, 2.45) is 0 Å². The molecule has 0 spiro atoms. The van der Waals surface area contributed by atoms with Crippen molar-refractivity contribution in [3.63, 3.8) is 0 Å². The molecule has 25 heavy (non-hydrogen) atoms. The minimum atomic E-state index is -0.167. The summed E-state index contributed by atoms with van der Waals surface area (Å²) in [7, 11) is 1.72. The van der Waals surface area contributed by atoms with Crippen molar-refractivity contribution in [2.75, 3.05) is 32.0 Å². The molecular formula is C19H28BrN3O2. The number of amides is 2. The van der Waals surface area contributed by atoms with Crippen molar-refractivity contribution in [1.29, 1.82) is 0 Å². The number of nitrogens with one attached hydrogen (secondary N) is 1. The number of aryl methyl sites for hydroxylation is 1. The summed E-state index contributed by atoms with van der Waals surface area (Å²) < 4.78 is 0.976. The second-order valence-electron chi connectivity index (χ2n) is 6.75. The van der Waals surface area contributed by atoms with E-state index in [4.69, 9.17) is 0 Å². The van der Waals surface area contributed by atoms with Crippen LogP contribution in [-0.2, 0) is 9.59 Å². The Morgan fingerprint density at radius 1 is 1.36 bits per heavy atom. The summed E-state index contributed by atoms with van der Waals surface area (Å²) in [6.07, 6.45) is 4.15. The van der Waals surface area contributed by atoms with Crippen LogP contribution < -0.4 is 5.32 Å². The molecule has 1 N–H and O–H groups in total. The van der Waals surface area contributed by atoms with Gasteiger partial charge in [0.2, 0.25) is 11.8 Å². The van der Waals surface area contributed by atoms with Crippen LogP contribution in [0.15, 0.2) is 22.7 Å². The van der Waals surface area contributed by atoms with Crippen molar-refractivity contribution < 1.29 is 9.59 Å². The first kappa shape index (κ1) is 19.9. The molecule has 1 aliphatic rings. The topological polar surface area (TPSA) is 52.7 Å². The lowest BCUT2D eigenvalue weighted by Gasteiger charge is -2.36. The van der Waals surface area contributed by atoms with Gasteiger partial charge in [0.15, 0.2) is 0 Å². The lowest BCUT2D eigenvalue weighted by atomic mass is 10.0. The summed E-state index contributed by atoms with van der Waals surface area (Å²) in [5, 5.41) is 2.90. The Morgan fingerprint density at radius 2 is 2.12 bits per heavy atom. The highest BCUT2D eigenvalue weighted by Crippen LogP contribution is 2.21. The quantitative estimate of drug-likeness (QED) is 0.782. The average molecular weight is 410 g/mol. The van der Waals surface area contributed by atoms with E-state index in [0.717, 1.165) is 54.5 Å². The Labute approximate surface area is 158 Å². The molecule has 1 aromatic carbocycles. The van der Waals surface area contributed by atoms with Crippen LogP contribution in [0.3, 0.4) is 0 Å². The standard InChI is InChI=1S/C19H28BrN3O2/c1-4-10-23-11-6-5-7-17(23)19(25)22(3)13-18(24)21-16-9-8-15(20)12-14(16)2/h8-9,12,17H,4-7,10-11,13H2,1-3H3,(H,21,24). The van der Waals surface area contributed by atoms with Crippen molar-refractivity contribution in [1.82, 2.24) is 9.80 Å². The Bertz CT molecular complexity index is 619. The van der Waals surface area contributed by atoms with Crippen LogP contribution in [-0.4, -0.2) is 54.3 Å². The van der Waals surface area contributed by atoms with Gasteiger partial charge in [-0.15, -0.1) is 0 Å². The molecule has 5 nitrogen and oxygen atoms in total. The first-order chi connectivity index (χ1) is 11.9. The minimum absolute atomic E-state index is 0.0517. The van der Waals surface area contributed by atoms with Gasteiger partial charge in [-0.25, -0.2) is 0 Å². The zero-order chi connectivity index (χ0) is 18.4. The van der Waals surface area contributed by atoms with Gasteiger partial charge in [-0.3, -0.25) is 14.5 Å². The van der Waals surface area contributed by atoms with Crippen molar-refractivity contribution >= 4 is 33.4 Å². The smallest absolute Gasteiger partial charge is 0.243 e. The minimum Gasteiger partial charge on any atom is -0.335 e. The third-order valence-electron chi connectivity index (χ3n) is 4.63. The number of hydrogen-bond donors (Lipinski definition) is 1. The lowest BCUT2D eigenvalue weighted by molar-refractivity contribution is -0.139. The summed E-state index contributed by atoms with van der Waals surface area (Å²) in [6.45, 7) is 6.06. The number of likely N-dealkylation sites (N-methyl/N-ethyl adjacent to an activating group) is 1. The molecule has 1 unspecified atom stereocenters. The summed E-state index contributed by atoms with van der Waals surface area (Å²) >= 11 is 3.41. The molecule has 0 saturated carbocycles. The Morgan fingerprint density at radius 3 is 2.80 bits per heavy atom. The SMILES string of the molecule is CCCN1CCCCC1C(=O)N(C)CC(=O)Nc1ccc(Br)cc1C. The van der Waals surface area contributed by atoms with Crippen LogP contribution >= 0.6 is 15.9 Å². The van der Waals surface area contributed by atoms with E-state index in [1.165, 1.54) is 0 Å². The van der Waals surface area contributed by atoms with Crippen LogP contribution in [0.2, 0.25) is 0 Å². The van der Waals surface area contributed by atoms with Crippen LogP contribution in [0.1, 0.15) is 38.2 Å². The molecule has 0 radical (unpaired) electrons. The summed E-state index contributed by atoms with van der Waals surface area (Å²) in [4.78, 5) is 28.9. The molecule has 1 atom stereocenters. The summed E-state index contributed by atoms with van der Waals surface area (Å²) in [6, 6.07) is 5.63. The van der Waals surface area contributed by atoms with Gasteiger partial charge >= 0.3 is 0 Å². The highest BCUT2D eigenvalue weighted by atomic mass is 79.9. The van der Waals surface area contributed by atoms with Gasteiger partial charge < -0.3 is 10.2 Å². The lowest BCUT2D eigenvalue weighted by Crippen LogP contribution is -2.51. The van der Waals surface area contributed by atoms with Crippen LogP contribution in [0.4, 0.5) is 5.69 Å². The molecular weight excluding hydrogens is 382 g/mol. The van der Waals surface area contributed by atoms with E-state index in [9.17, 15) is 9.59 Å². The van der Waals surface area contributed by atoms with Gasteiger partial charge in [0, 0.05) is 17.2 Å². The third kappa shape index (κ3) is 5.54. The predicted octanol–water partition coefficient (Wildman–Crippen LogP) is 3.42. The first-order valence-corrected chi connectivity index (χ1v) is 9.76. The van der Waals surface area contributed by atoms with Crippen molar-refractivity contribution in [2.45, 2.75) is 45.6 Å². The fourth-order valence-electron chi connectivity index (χ4n) is 3.33. The van der Waals surface area contributed by atoms with Crippen molar-refractivity contribution in [3.05, 3.63) is 28.2 Å². The molecule has 2 amide bonds. The molecule has 0 aliphatic carbocycles. The monoisotopic (exact) mass is 409 g/mol. The first-order valence-electron chi connectivity index (χ1n) is 8.97. The average Bonchev–Trinajstić information content (AvgIpc) is 2.57. The second kappa shape index (κ2) is 9.34. The number of anilines is 1. The number of halogens is 1. The number of likely N-dealkylation sites (tertiary alicyclic amines) is 1. The maximum atomic E-state index is 12.8. The number of rotatable bonds is 6. The number of nitrogens with zero attached hydrogens (tertiary/aromatic N) is 2. The third-order valence-corrected chi connectivity index (χ3v) is 5.12. The zero-order valence-electron chi connectivity index (χ0n) is 15.3. The fourth-order valence-corrected chi connectivity index (χ4v) is 3.81. The number of carbonyl (C=O) groups is 2. The Balaban J connectivity index is 1.94. The van der Waals surface area contributed by atoms with E-state index in [-0.39, 0.29) is 24.4 Å². The van der Waals surface area contributed by atoms with E-state index < -0.39 is 0 Å². The van der Waals surface area contributed by atoms with Crippen LogP contribution in [0.25, 0.3) is 0 Å². The van der Waals surface area contributed by atoms with Crippen LogP contribution in [0.5, 0.6) is 0 Å². The van der Waals surface area contributed by atoms with Gasteiger partial charge in [-0.05, 0) is 63.0 Å². The number of benzene rings is 1. The fraction of sp³-hybridized carbons (Fsp3) is 0.579. The highest BCUT2D eigenvalue weighted by molar-refractivity contribution is 9.10. The molecule has 1 aromatic rings. The van der Waals surface area contributed by atoms with Gasteiger partial charge in [-0.2, -0.15) is 0 Å². The molecule has 138 valence electrons. The number of hydrogen-bond acceptors (Lipinski definition) is 3. The van der Waals surface area contributed by atoms with E-state index in [0.29, 0.717) is 0 Å². The Kier molecular flexibility index (Phi) is 7.44. The number of piperidine rings is 1. The molecule has 6 heteroatoms. The second-order valence-corrected chi connectivity index (χ2v) is 7.66. The zero-order valence-corrected chi connectivity index (χ0v) is 16.9.